The topological polar surface area (TPSA) is 43.4 Å². The van der Waals surface area contributed by atoms with Crippen LogP contribution < -0.4 is 18.9 Å². The Kier molecular flexibility index (Phi) is 10.7. The summed E-state index contributed by atoms with van der Waals surface area (Å²) in [5, 5.41) is 0. The Labute approximate surface area is 317 Å². The average Bonchev–Trinajstić information content (AvgIpc) is 3.64. The molecule has 0 radical (unpaired) electrons. The lowest BCUT2D eigenvalue weighted by molar-refractivity contribution is 0.0838. The van der Waals surface area contributed by atoms with E-state index in [1.807, 2.05) is 48.5 Å². The molecular weight excluding hydrogens is 657 g/mol. The molecule has 280 valence electrons. The largest absolute Gasteiger partial charge is 0.493 e. The SMILES string of the molecule is COc1ccccc1OC1CCN(CC2c3ccc(CC4(C)Cc5ccccc5C4CN4CCC(Oc5ccccc5OC)CC4)cc3CC2C)CC1. The normalized spacial score (nSPS) is 25.2. The second kappa shape index (κ2) is 15.8. The van der Waals surface area contributed by atoms with Crippen molar-refractivity contribution in [2.45, 2.75) is 82.8 Å². The zero-order valence-corrected chi connectivity index (χ0v) is 32.3. The molecule has 0 amide bonds. The van der Waals surface area contributed by atoms with Crippen molar-refractivity contribution in [1.82, 2.24) is 9.80 Å². The highest BCUT2D eigenvalue weighted by atomic mass is 16.5. The number of hydrogen-bond donors (Lipinski definition) is 0. The van der Waals surface area contributed by atoms with Gasteiger partial charge in [0.05, 0.1) is 14.2 Å². The number of fused-ring (bicyclic) bond motifs is 2. The Morgan fingerprint density at radius 2 is 1.17 bits per heavy atom. The Bertz CT molecular complexity index is 1840. The summed E-state index contributed by atoms with van der Waals surface area (Å²) in [4.78, 5) is 5.39. The number of ether oxygens (including phenoxy) is 4. The van der Waals surface area contributed by atoms with Gasteiger partial charge in [0.25, 0.3) is 0 Å². The molecular formula is C47H58N2O4. The van der Waals surface area contributed by atoms with E-state index in [9.17, 15) is 0 Å². The first-order chi connectivity index (χ1) is 25.9. The average molecular weight is 715 g/mol. The van der Waals surface area contributed by atoms with Gasteiger partial charge in [0, 0.05) is 45.2 Å². The lowest BCUT2D eigenvalue weighted by Crippen LogP contribution is -2.42. The zero-order chi connectivity index (χ0) is 36.4. The number of piperidine rings is 2. The van der Waals surface area contributed by atoms with Gasteiger partial charge < -0.3 is 28.7 Å². The monoisotopic (exact) mass is 714 g/mol. The molecule has 4 atom stereocenters. The molecule has 0 aromatic heterocycles. The van der Waals surface area contributed by atoms with E-state index in [1.165, 1.54) is 12.0 Å². The van der Waals surface area contributed by atoms with Gasteiger partial charge in [-0.05, 0) is 114 Å². The van der Waals surface area contributed by atoms with Crippen LogP contribution in [-0.4, -0.2) is 75.5 Å². The summed E-state index contributed by atoms with van der Waals surface area (Å²) < 4.78 is 23.9. The fraction of sp³-hybridized carbons (Fsp3) is 0.489. The van der Waals surface area contributed by atoms with E-state index in [2.05, 4.69) is 66.1 Å². The van der Waals surface area contributed by atoms with Gasteiger partial charge in [-0.25, -0.2) is 0 Å². The van der Waals surface area contributed by atoms with Crippen LogP contribution >= 0.6 is 0 Å². The number of para-hydroxylation sites is 4. The minimum atomic E-state index is 0.183. The van der Waals surface area contributed by atoms with Gasteiger partial charge in [-0.15, -0.1) is 0 Å². The number of nitrogens with zero attached hydrogens (tertiary/aromatic N) is 2. The fourth-order valence-corrected chi connectivity index (χ4v) is 10.1. The maximum atomic E-state index is 6.43. The lowest BCUT2D eigenvalue weighted by Gasteiger charge is -2.39. The molecule has 0 N–H and O–H groups in total. The Balaban J connectivity index is 0.893. The first-order valence-corrected chi connectivity index (χ1v) is 20.1. The molecule has 2 aliphatic heterocycles. The Morgan fingerprint density at radius 1 is 0.623 bits per heavy atom. The van der Waals surface area contributed by atoms with Gasteiger partial charge in [0.1, 0.15) is 12.2 Å². The minimum Gasteiger partial charge on any atom is -0.493 e. The summed E-state index contributed by atoms with van der Waals surface area (Å²) in [7, 11) is 3.43. The third kappa shape index (κ3) is 7.82. The number of methoxy groups -OCH3 is 2. The number of benzene rings is 4. The lowest BCUT2D eigenvalue weighted by atomic mass is 9.72. The van der Waals surface area contributed by atoms with Crippen LogP contribution in [0.25, 0.3) is 0 Å². The smallest absolute Gasteiger partial charge is 0.161 e. The molecule has 8 rings (SSSR count). The van der Waals surface area contributed by atoms with Crippen molar-refractivity contribution in [2.75, 3.05) is 53.5 Å². The van der Waals surface area contributed by atoms with Crippen molar-refractivity contribution in [2.24, 2.45) is 11.3 Å². The highest BCUT2D eigenvalue weighted by Gasteiger charge is 2.44. The van der Waals surface area contributed by atoms with Crippen molar-refractivity contribution < 1.29 is 18.9 Å². The summed E-state index contributed by atoms with van der Waals surface area (Å²) >= 11 is 0. The maximum absolute atomic E-state index is 6.43. The number of hydrogen-bond acceptors (Lipinski definition) is 6. The predicted molar refractivity (Wildman–Crippen MR) is 213 cm³/mol. The van der Waals surface area contributed by atoms with Gasteiger partial charge in [-0.3, -0.25) is 0 Å². The second-order valence-electron chi connectivity index (χ2n) is 16.6. The van der Waals surface area contributed by atoms with Crippen LogP contribution in [0.3, 0.4) is 0 Å². The third-order valence-electron chi connectivity index (χ3n) is 13.0. The Hall–Kier alpha value is -4.00. The fourth-order valence-electron chi connectivity index (χ4n) is 10.1. The minimum absolute atomic E-state index is 0.183. The quantitative estimate of drug-likeness (QED) is 0.146. The first kappa shape index (κ1) is 36.0. The van der Waals surface area contributed by atoms with E-state index >= 15 is 0 Å². The number of likely N-dealkylation sites (tertiary alicyclic amines) is 2. The van der Waals surface area contributed by atoms with Crippen LogP contribution in [0.4, 0.5) is 0 Å². The second-order valence-corrected chi connectivity index (χ2v) is 16.6. The molecule has 0 saturated carbocycles. The van der Waals surface area contributed by atoms with Crippen LogP contribution in [0, 0.1) is 11.3 Å². The van der Waals surface area contributed by atoms with Gasteiger partial charge >= 0.3 is 0 Å². The van der Waals surface area contributed by atoms with Crippen molar-refractivity contribution in [1.29, 1.82) is 0 Å². The van der Waals surface area contributed by atoms with E-state index < -0.39 is 0 Å². The highest BCUT2D eigenvalue weighted by molar-refractivity contribution is 5.44. The molecule has 2 saturated heterocycles. The van der Waals surface area contributed by atoms with E-state index in [4.69, 9.17) is 18.9 Å². The van der Waals surface area contributed by atoms with E-state index in [0.29, 0.717) is 17.8 Å². The molecule has 2 aliphatic carbocycles. The van der Waals surface area contributed by atoms with Crippen LogP contribution in [0.5, 0.6) is 23.0 Å². The summed E-state index contributed by atoms with van der Waals surface area (Å²) in [5.74, 6) is 5.13. The predicted octanol–water partition coefficient (Wildman–Crippen LogP) is 8.96. The van der Waals surface area contributed by atoms with Crippen LogP contribution in [0.15, 0.2) is 91.0 Å². The molecule has 0 bridgehead atoms. The van der Waals surface area contributed by atoms with Crippen LogP contribution in [0.1, 0.15) is 79.2 Å². The van der Waals surface area contributed by atoms with Gasteiger partial charge in [0.15, 0.2) is 23.0 Å². The standard InChI is InChI=1S/C47H58N2O4/c1-33-27-36-28-34(17-18-39(36)41(33)31-48-23-19-37(20-24-48)52-45-15-9-7-13-43(45)50-3)29-47(2)30-35-11-5-6-12-40(35)42(47)32-49-25-21-38(22-26-49)53-46-16-10-8-14-44(46)51-4/h5-18,28,33,37-38,41-42H,19-27,29-32H2,1-4H3. The van der Waals surface area contributed by atoms with Crippen molar-refractivity contribution in [3.8, 4) is 23.0 Å². The van der Waals surface area contributed by atoms with Crippen molar-refractivity contribution in [3.63, 3.8) is 0 Å². The van der Waals surface area contributed by atoms with E-state index in [-0.39, 0.29) is 17.6 Å². The molecule has 53 heavy (non-hydrogen) atoms. The molecule has 4 aromatic carbocycles. The maximum Gasteiger partial charge on any atom is 0.161 e. The van der Waals surface area contributed by atoms with Crippen molar-refractivity contribution >= 4 is 0 Å². The molecule has 2 heterocycles. The summed E-state index contributed by atoms with van der Waals surface area (Å²) in [6, 6.07) is 32.9. The van der Waals surface area contributed by atoms with E-state index in [0.717, 1.165) is 101 Å². The van der Waals surface area contributed by atoms with E-state index in [1.54, 1.807) is 36.5 Å². The third-order valence-corrected chi connectivity index (χ3v) is 13.0. The summed E-state index contributed by atoms with van der Waals surface area (Å²) in [5.41, 5.74) is 7.97. The zero-order valence-electron chi connectivity index (χ0n) is 32.3. The van der Waals surface area contributed by atoms with Crippen LogP contribution in [-0.2, 0) is 19.3 Å². The molecule has 6 nitrogen and oxygen atoms in total. The molecule has 4 aliphatic rings. The molecule has 0 spiro atoms. The van der Waals surface area contributed by atoms with Gasteiger partial charge in [-0.1, -0.05) is 80.6 Å². The first-order valence-electron chi connectivity index (χ1n) is 20.1. The molecule has 4 aromatic rings. The van der Waals surface area contributed by atoms with Crippen LogP contribution in [0.2, 0.25) is 0 Å². The molecule has 4 unspecified atom stereocenters. The van der Waals surface area contributed by atoms with Gasteiger partial charge in [0.2, 0.25) is 0 Å². The summed E-state index contributed by atoms with van der Waals surface area (Å²) in [6.45, 7) is 11.6. The summed E-state index contributed by atoms with van der Waals surface area (Å²) in [6.07, 6.45) is 8.13. The van der Waals surface area contributed by atoms with Crippen molar-refractivity contribution in [3.05, 3.63) is 119 Å². The Morgan fingerprint density at radius 3 is 1.77 bits per heavy atom. The highest BCUT2D eigenvalue weighted by Crippen LogP contribution is 2.50. The number of rotatable bonds is 12. The van der Waals surface area contributed by atoms with Gasteiger partial charge in [-0.2, -0.15) is 0 Å². The molecule has 6 heteroatoms. The molecule has 2 fully saturated rings.